The number of fused-ring (bicyclic) bond motifs is 1. The van der Waals surface area contributed by atoms with Crippen molar-refractivity contribution in [2.75, 3.05) is 12.8 Å². The zero-order valence-electron chi connectivity index (χ0n) is 15.3. The summed E-state index contributed by atoms with van der Waals surface area (Å²) in [4.78, 5) is 29.4. The topological polar surface area (TPSA) is 118 Å². The highest BCUT2D eigenvalue weighted by Gasteiger charge is 2.25. The first-order valence-electron chi connectivity index (χ1n) is 8.80. The Morgan fingerprint density at radius 3 is 2.81 bits per heavy atom. The number of piperidine rings is 1. The second-order valence-electron chi connectivity index (χ2n) is 7.10. The van der Waals surface area contributed by atoms with Crippen LogP contribution in [0.5, 0.6) is 0 Å². The number of nitrogens with zero attached hydrogens (tertiary/aromatic N) is 2. The Balaban J connectivity index is 1.90. The summed E-state index contributed by atoms with van der Waals surface area (Å²) in [6, 6.07) is 2.48. The first kappa shape index (κ1) is 19.7. The highest BCUT2D eigenvalue weighted by Crippen LogP contribution is 2.19. The fraction of sp³-hybridized carbons (Fsp3) is 0.500. The molecule has 1 aromatic carbocycles. The van der Waals surface area contributed by atoms with Gasteiger partial charge in [-0.25, -0.2) is 13.4 Å². The molecular weight excluding hydrogens is 370 g/mol. The van der Waals surface area contributed by atoms with Crippen molar-refractivity contribution in [3.05, 3.63) is 34.4 Å². The molecule has 2 N–H and O–H groups in total. The Morgan fingerprint density at radius 2 is 2.15 bits per heavy atom. The number of hydrogen-bond donors (Lipinski definition) is 2. The minimum Gasteiger partial charge on any atom is -0.391 e. The first-order chi connectivity index (χ1) is 12.7. The number of Topliss-reactive ketones (excluding diaryl/α,β-unsaturated/α-hetero) is 1. The molecule has 27 heavy (non-hydrogen) atoms. The number of aryl methyl sites for hydroxylation is 1. The van der Waals surface area contributed by atoms with Crippen molar-refractivity contribution in [3.8, 4) is 0 Å². The largest absolute Gasteiger partial charge is 0.391 e. The highest BCUT2D eigenvalue weighted by molar-refractivity contribution is 7.90. The number of sulfone groups is 1. The molecule has 0 radical (unpaired) electrons. The van der Waals surface area contributed by atoms with Crippen LogP contribution >= 0.6 is 0 Å². The molecule has 1 aromatic heterocycles. The number of hydrogen-bond acceptors (Lipinski definition) is 7. The molecule has 1 aliphatic heterocycles. The SMILES string of the molecule is Cc1cc(S(C)(=O)=O)cc2c(=O)n(CC(=O)C[C@H]3NCCC[C@@H]3O)cnc12. The van der Waals surface area contributed by atoms with Crippen molar-refractivity contribution in [2.45, 2.75) is 49.8 Å². The van der Waals surface area contributed by atoms with Gasteiger partial charge in [-0.15, -0.1) is 0 Å². The number of ketones is 1. The lowest BCUT2D eigenvalue weighted by Gasteiger charge is -2.28. The van der Waals surface area contributed by atoms with Gasteiger partial charge in [0.15, 0.2) is 15.6 Å². The molecule has 0 bridgehead atoms. The van der Waals surface area contributed by atoms with E-state index >= 15 is 0 Å². The van der Waals surface area contributed by atoms with E-state index in [1.807, 2.05) is 0 Å². The normalized spacial score (nSPS) is 20.7. The Hall–Kier alpha value is -2.10. The van der Waals surface area contributed by atoms with Gasteiger partial charge < -0.3 is 10.4 Å². The van der Waals surface area contributed by atoms with Crippen LogP contribution in [0.1, 0.15) is 24.8 Å². The minimum atomic E-state index is -3.47. The molecule has 0 unspecified atom stereocenters. The molecule has 146 valence electrons. The van der Waals surface area contributed by atoms with Crippen LogP contribution < -0.4 is 10.9 Å². The first-order valence-corrected chi connectivity index (χ1v) is 10.7. The van der Waals surface area contributed by atoms with Gasteiger partial charge in [0.1, 0.15) is 0 Å². The van der Waals surface area contributed by atoms with Crippen LogP contribution in [-0.2, 0) is 21.2 Å². The molecule has 0 aliphatic carbocycles. The Bertz CT molecular complexity index is 1040. The summed E-state index contributed by atoms with van der Waals surface area (Å²) in [5.41, 5.74) is 0.539. The lowest BCUT2D eigenvalue weighted by atomic mass is 9.97. The van der Waals surface area contributed by atoms with Crippen LogP contribution in [-0.4, -0.2) is 53.8 Å². The molecule has 9 heteroatoms. The quantitative estimate of drug-likeness (QED) is 0.744. The van der Waals surface area contributed by atoms with Crippen molar-refractivity contribution in [3.63, 3.8) is 0 Å². The molecule has 0 spiro atoms. The summed E-state index contributed by atoms with van der Waals surface area (Å²) in [7, 11) is -3.47. The molecule has 3 rings (SSSR count). The van der Waals surface area contributed by atoms with Crippen LogP contribution in [0, 0.1) is 6.92 Å². The van der Waals surface area contributed by atoms with Gasteiger partial charge in [0.05, 0.1) is 34.8 Å². The number of carbonyl (C=O) groups excluding carboxylic acids is 1. The van der Waals surface area contributed by atoms with Crippen molar-refractivity contribution in [2.24, 2.45) is 0 Å². The summed E-state index contributed by atoms with van der Waals surface area (Å²) < 4.78 is 24.9. The molecule has 0 amide bonds. The van der Waals surface area contributed by atoms with Crippen molar-refractivity contribution >= 4 is 26.5 Å². The van der Waals surface area contributed by atoms with Crippen LogP contribution in [0.15, 0.2) is 28.2 Å². The van der Waals surface area contributed by atoms with Crippen LogP contribution in [0.25, 0.3) is 10.9 Å². The Morgan fingerprint density at radius 1 is 1.41 bits per heavy atom. The third kappa shape index (κ3) is 4.26. The van der Waals surface area contributed by atoms with E-state index in [0.29, 0.717) is 17.5 Å². The maximum absolute atomic E-state index is 12.8. The maximum Gasteiger partial charge on any atom is 0.261 e. The van der Waals surface area contributed by atoms with Gasteiger partial charge in [-0.2, -0.15) is 0 Å². The van der Waals surface area contributed by atoms with Gasteiger partial charge in [0, 0.05) is 18.7 Å². The fourth-order valence-electron chi connectivity index (χ4n) is 3.39. The fourth-order valence-corrected chi connectivity index (χ4v) is 4.11. The number of rotatable bonds is 5. The average molecular weight is 393 g/mol. The Kier molecular flexibility index (Phi) is 5.45. The number of carbonyl (C=O) groups is 1. The molecule has 2 aromatic rings. The zero-order valence-corrected chi connectivity index (χ0v) is 16.1. The van der Waals surface area contributed by atoms with Crippen LogP contribution in [0.2, 0.25) is 0 Å². The average Bonchev–Trinajstić information content (AvgIpc) is 2.59. The van der Waals surface area contributed by atoms with E-state index in [1.165, 1.54) is 23.0 Å². The summed E-state index contributed by atoms with van der Waals surface area (Å²) in [6.07, 6.45) is 3.44. The van der Waals surface area contributed by atoms with E-state index in [-0.39, 0.29) is 35.1 Å². The zero-order chi connectivity index (χ0) is 19.8. The van der Waals surface area contributed by atoms with E-state index < -0.39 is 21.5 Å². The molecular formula is C18H23N3O5S. The predicted octanol–water partition coefficient (Wildman–Crippen LogP) is 0.181. The van der Waals surface area contributed by atoms with Crippen molar-refractivity contribution < 1.29 is 18.3 Å². The van der Waals surface area contributed by atoms with Gasteiger partial charge in [0.25, 0.3) is 5.56 Å². The van der Waals surface area contributed by atoms with Crippen molar-refractivity contribution in [1.82, 2.24) is 14.9 Å². The van der Waals surface area contributed by atoms with Gasteiger partial charge >= 0.3 is 0 Å². The number of aliphatic hydroxyl groups excluding tert-OH is 1. The molecule has 2 heterocycles. The summed E-state index contributed by atoms with van der Waals surface area (Å²) >= 11 is 0. The third-order valence-corrected chi connectivity index (χ3v) is 5.95. The predicted molar refractivity (Wildman–Crippen MR) is 101 cm³/mol. The van der Waals surface area contributed by atoms with Gasteiger partial charge in [-0.3, -0.25) is 14.2 Å². The van der Waals surface area contributed by atoms with Crippen molar-refractivity contribution in [1.29, 1.82) is 0 Å². The molecule has 2 atom stereocenters. The van der Waals surface area contributed by atoms with E-state index in [4.69, 9.17) is 0 Å². The maximum atomic E-state index is 12.8. The van der Waals surface area contributed by atoms with E-state index in [1.54, 1.807) is 6.92 Å². The second kappa shape index (κ2) is 7.49. The monoisotopic (exact) mass is 393 g/mol. The number of aromatic nitrogens is 2. The lowest BCUT2D eigenvalue weighted by molar-refractivity contribution is -0.121. The molecule has 8 nitrogen and oxygen atoms in total. The number of benzene rings is 1. The second-order valence-corrected chi connectivity index (χ2v) is 9.11. The van der Waals surface area contributed by atoms with Gasteiger partial charge in [-0.1, -0.05) is 0 Å². The summed E-state index contributed by atoms with van der Waals surface area (Å²) in [6.45, 7) is 2.27. The van der Waals surface area contributed by atoms with E-state index in [2.05, 4.69) is 10.3 Å². The van der Waals surface area contributed by atoms with E-state index in [0.717, 1.165) is 19.2 Å². The third-order valence-electron chi connectivity index (χ3n) is 4.86. The van der Waals surface area contributed by atoms with E-state index in [9.17, 15) is 23.1 Å². The molecule has 1 aliphatic rings. The Labute approximate surface area is 157 Å². The van der Waals surface area contributed by atoms with Crippen LogP contribution in [0.4, 0.5) is 0 Å². The molecule has 1 fully saturated rings. The van der Waals surface area contributed by atoms with Gasteiger partial charge in [-0.05, 0) is 44.0 Å². The lowest BCUT2D eigenvalue weighted by Crippen LogP contribution is -2.46. The standard InChI is InChI=1S/C18H23N3O5S/c1-11-6-13(27(2,25)26)8-14-17(11)20-10-21(18(14)24)9-12(22)7-15-16(23)4-3-5-19-15/h6,8,10,15-16,19,23H,3-5,7,9H2,1-2H3/t15-,16+/m1/s1. The smallest absolute Gasteiger partial charge is 0.261 e. The summed E-state index contributed by atoms with van der Waals surface area (Å²) in [5.74, 6) is -0.201. The van der Waals surface area contributed by atoms with Gasteiger partial charge in [0.2, 0.25) is 0 Å². The molecule has 0 saturated carbocycles. The highest BCUT2D eigenvalue weighted by atomic mass is 32.2. The van der Waals surface area contributed by atoms with Crippen LogP contribution in [0.3, 0.4) is 0 Å². The number of aliphatic hydroxyl groups is 1. The minimum absolute atomic E-state index is 0.0463. The summed E-state index contributed by atoms with van der Waals surface area (Å²) in [5, 5.41) is 13.3. The molecule has 1 saturated heterocycles. The number of nitrogens with one attached hydrogen (secondary N) is 1.